The second kappa shape index (κ2) is 4.98. The number of anilines is 1. The maximum atomic E-state index is 5.84. The minimum Gasteiger partial charge on any atom is -0.348 e. The molecule has 0 radical (unpaired) electrons. The van der Waals surface area contributed by atoms with Crippen molar-refractivity contribution < 1.29 is 0 Å². The Morgan fingerprint density at radius 1 is 1.26 bits per heavy atom. The summed E-state index contributed by atoms with van der Waals surface area (Å²) in [5, 5.41) is 7.02. The molecule has 3 aromatic rings. The molecule has 0 fully saturated rings. The molecule has 10 heteroatoms. The molecular formula is C9H8ClN9. The third-order valence-corrected chi connectivity index (χ3v) is 2.38. The largest absolute Gasteiger partial charge is 0.348 e. The van der Waals surface area contributed by atoms with E-state index in [1.54, 1.807) is 12.5 Å². The van der Waals surface area contributed by atoms with Crippen LogP contribution in [0, 0.1) is 0 Å². The van der Waals surface area contributed by atoms with Gasteiger partial charge in [0, 0.05) is 6.20 Å². The number of hydrogen-bond acceptors (Lipinski definition) is 7. The van der Waals surface area contributed by atoms with Gasteiger partial charge in [0.2, 0.25) is 11.2 Å². The van der Waals surface area contributed by atoms with E-state index in [2.05, 4.69) is 40.3 Å². The molecule has 3 rings (SSSR count). The van der Waals surface area contributed by atoms with Gasteiger partial charge in [0.1, 0.15) is 12.7 Å². The van der Waals surface area contributed by atoms with Crippen molar-refractivity contribution >= 4 is 17.5 Å². The van der Waals surface area contributed by atoms with E-state index in [4.69, 9.17) is 11.6 Å². The fourth-order valence-electron chi connectivity index (χ4n) is 1.39. The first-order valence-electron chi connectivity index (χ1n) is 5.29. The van der Waals surface area contributed by atoms with Crippen LogP contribution in [0.3, 0.4) is 0 Å². The van der Waals surface area contributed by atoms with E-state index in [9.17, 15) is 0 Å². The van der Waals surface area contributed by atoms with Crippen molar-refractivity contribution in [1.29, 1.82) is 0 Å². The highest BCUT2D eigenvalue weighted by Gasteiger charge is 2.07. The molecule has 3 aromatic heterocycles. The van der Waals surface area contributed by atoms with Crippen molar-refractivity contribution in [3.63, 3.8) is 0 Å². The van der Waals surface area contributed by atoms with Gasteiger partial charge in [-0.25, -0.2) is 9.97 Å². The Morgan fingerprint density at radius 2 is 2.21 bits per heavy atom. The summed E-state index contributed by atoms with van der Waals surface area (Å²) < 4.78 is 1.40. The zero-order valence-electron chi connectivity index (χ0n) is 9.52. The van der Waals surface area contributed by atoms with Crippen molar-refractivity contribution in [2.45, 2.75) is 6.54 Å². The van der Waals surface area contributed by atoms with Crippen LogP contribution < -0.4 is 5.32 Å². The first kappa shape index (κ1) is 11.5. The van der Waals surface area contributed by atoms with E-state index in [-0.39, 0.29) is 5.28 Å². The average Bonchev–Trinajstić information content (AvgIpc) is 3.09. The van der Waals surface area contributed by atoms with Crippen LogP contribution in [0.5, 0.6) is 0 Å². The van der Waals surface area contributed by atoms with Gasteiger partial charge in [-0.2, -0.15) is 24.7 Å². The number of imidazole rings is 1. The second-order valence-electron chi connectivity index (χ2n) is 3.50. The molecule has 0 aliphatic carbocycles. The van der Waals surface area contributed by atoms with E-state index in [1.807, 2.05) is 0 Å². The van der Waals surface area contributed by atoms with Crippen molar-refractivity contribution in [1.82, 2.24) is 39.7 Å². The molecule has 2 N–H and O–H groups in total. The number of rotatable bonds is 4. The number of aromatic amines is 1. The minimum absolute atomic E-state index is 0.0765. The summed E-state index contributed by atoms with van der Waals surface area (Å²) >= 11 is 5.84. The van der Waals surface area contributed by atoms with Gasteiger partial charge in [-0.1, -0.05) is 0 Å². The molecule has 96 valence electrons. The lowest BCUT2D eigenvalue weighted by molar-refractivity contribution is 0.792. The summed E-state index contributed by atoms with van der Waals surface area (Å²) in [7, 11) is 0. The first-order chi connectivity index (χ1) is 9.31. The number of nitrogens with zero attached hydrogens (tertiary/aromatic N) is 7. The summed E-state index contributed by atoms with van der Waals surface area (Å²) in [6, 6.07) is 0. The van der Waals surface area contributed by atoms with E-state index >= 15 is 0 Å². The standard InChI is InChI=1S/C9H8ClN9/c10-7-16-8(13-2-6-1-11-3-14-6)18-9(17-7)19-5-12-4-15-19/h1,3-5H,2H2,(H,11,14)(H,13,16,17,18). The fourth-order valence-corrected chi connectivity index (χ4v) is 1.54. The normalized spacial score (nSPS) is 10.6. The maximum absolute atomic E-state index is 5.84. The summed E-state index contributed by atoms with van der Waals surface area (Å²) in [4.78, 5) is 22.8. The van der Waals surface area contributed by atoms with Gasteiger partial charge >= 0.3 is 0 Å². The fraction of sp³-hybridized carbons (Fsp3) is 0.111. The molecule has 0 unspecified atom stereocenters. The smallest absolute Gasteiger partial charge is 0.258 e. The highest BCUT2D eigenvalue weighted by atomic mass is 35.5. The van der Waals surface area contributed by atoms with Crippen molar-refractivity contribution in [2.75, 3.05) is 5.32 Å². The monoisotopic (exact) mass is 277 g/mol. The van der Waals surface area contributed by atoms with Gasteiger partial charge < -0.3 is 10.3 Å². The van der Waals surface area contributed by atoms with E-state index in [0.29, 0.717) is 18.4 Å². The van der Waals surface area contributed by atoms with E-state index in [0.717, 1.165) is 5.69 Å². The van der Waals surface area contributed by atoms with Crippen LogP contribution in [0.1, 0.15) is 5.69 Å². The number of hydrogen-bond donors (Lipinski definition) is 2. The predicted octanol–water partition coefficient (Wildman–Crippen LogP) is 0.441. The van der Waals surface area contributed by atoms with Gasteiger partial charge in [0.25, 0.3) is 5.95 Å². The number of halogens is 1. The molecule has 0 spiro atoms. The Bertz CT molecular complexity index is 648. The molecule has 0 atom stereocenters. The molecule has 3 heterocycles. The molecular weight excluding hydrogens is 270 g/mol. The van der Waals surface area contributed by atoms with Crippen LogP contribution in [0.25, 0.3) is 5.95 Å². The van der Waals surface area contributed by atoms with Crippen molar-refractivity contribution in [3.8, 4) is 5.95 Å². The summed E-state index contributed by atoms with van der Waals surface area (Å²) in [5.41, 5.74) is 0.902. The Morgan fingerprint density at radius 3 is 2.95 bits per heavy atom. The van der Waals surface area contributed by atoms with Crippen LogP contribution in [-0.2, 0) is 6.54 Å². The maximum Gasteiger partial charge on any atom is 0.258 e. The average molecular weight is 278 g/mol. The zero-order valence-corrected chi connectivity index (χ0v) is 10.3. The van der Waals surface area contributed by atoms with E-state index in [1.165, 1.54) is 17.3 Å². The molecule has 0 aliphatic heterocycles. The molecule has 0 aromatic carbocycles. The molecule has 0 bridgehead atoms. The Hall–Kier alpha value is -2.55. The number of nitrogens with one attached hydrogen (secondary N) is 2. The van der Waals surface area contributed by atoms with Crippen LogP contribution in [0.2, 0.25) is 5.28 Å². The molecule has 0 saturated carbocycles. The summed E-state index contributed by atoms with van der Waals surface area (Å²) in [6.45, 7) is 0.497. The number of aromatic nitrogens is 8. The molecule has 0 aliphatic rings. The quantitative estimate of drug-likeness (QED) is 0.712. The van der Waals surface area contributed by atoms with Gasteiger partial charge in [-0.3, -0.25) is 0 Å². The molecule has 0 amide bonds. The highest BCUT2D eigenvalue weighted by Crippen LogP contribution is 2.09. The topological polar surface area (TPSA) is 110 Å². The Balaban J connectivity index is 1.82. The first-order valence-corrected chi connectivity index (χ1v) is 5.67. The highest BCUT2D eigenvalue weighted by molar-refractivity contribution is 6.28. The predicted molar refractivity (Wildman–Crippen MR) is 65.7 cm³/mol. The van der Waals surface area contributed by atoms with Gasteiger partial charge in [-0.05, 0) is 11.6 Å². The summed E-state index contributed by atoms with van der Waals surface area (Å²) in [5.74, 6) is 0.643. The zero-order chi connectivity index (χ0) is 13.1. The number of H-pyrrole nitrogens is 1. The van der Waals surface area contributed by atoms with Crippen molar-refractivity contribution in [3.05, 3.63) is 36.2 Å². The van der Waals surface area contributed by atoms with Crippen LogP contribution in [0.15, 0.2) is 25.2 Å². The van der Waals surface area contributed by atoms with Crippen molar-refractivity contribution in [2.24, 2.45) is 0 Å². The van der Waals surface area contributed by atoms with Gasteiger partial charge in [0.15, 0.2) is 0 Å². The van der Waals surface area contributed by atoms with E-state index < -0.39 is 0 Å². The Labute approximate surface area is 112 Å². The second-order valence-corrected chi connectivity index (χ2v) is 3.84. The van der Waals surface area contributed by atoms with Crippen LogP contribution in [0.4, 0.5) is 5.95 Å². The Kier molecular flexibility index (Phi) is 3.02. The third kappa shape index (κ3) is 2.65. The van der Waals surface area contributed by atoms with Gasteiger partial charge in [-0.15, -0.1) is 0 Å². The van der Waals surface area contributed by atoms with Gasteiger partial charge in [0.05, 0.1) is 18.6 Å². The third-order valence-electron chi connectivity index (χ3n) is 2.21. The summed E-state index contributed by atoms with van der Waals surface area (Å²) in [6.07, 6.45) is 6.16. The van der Waals surface area contributed by atoms with Crippen LogP contribution >= 0.6 is 11.6 Å². The lowest BCUT2D eigenvalue weighted by atomic mass is 10.5. The molecule has 19 heavy (non-hydrogen) atoms. The van der Waals surface area contributed by atoms with Crippen LogP contribution in [-0.4, -0.2) is 39.7 Å². The lowest BCUT2D eigenvalue weighted by Gasteiger charge is -2.05. The molecule has 9 nitrogen and oxygen atoms in total. The lowest BCUT2D eigenvalue weighted by Crippen LogP contribution is -2.09. The minimum atomic E-state index is 0.0765. The SMILES string of the molecule is Clc1nc(NCc2cnc[nH]2)nc(-n2cncn2)n1. The molecule has 0 saturated heterocycles.